The van der Waals surface area contributed by atoms with Gasteiger partial charge in [-0.25, -0.2) is 9.97 Å². The smallest absolute Gasteiger partial charge is 0.303 e. The molecule has 1 aromatic heterocycles. The number of anilines is 1. The zero-order valence-corrected chi connectivity index (χ0v) is 24.6. The van der Waals surface area contributed by atoms with Gasteiger partial charge in [0.25, 0.3) is 5.91 Å². The summed E-state index contributed by atoms with van der Waals surface area (Å²) in [4.78, 5) is 36.7. The second-order valence-corrected chi connectivity index (χ2v) is 10.9. The van der Waals surface area contributed by atoms with Crippen molar-refractivity contribution in [2.24, 2.45) is 0 Å². The van der Waals surface area contributed by atoms with E-state index in [9.17, 15) is 14.7 Å². The van der Waals surface area contributed by atoms with Crippen LogP contribution in [0.2, 0.25) is 0 Å². The maximum Gasteiger partial charge on any atom is 0.303 e. The molecule has 0 aliphatic carbocycles. The van der Waals surface area contributed by atoms with E-state index in [-0.39, 0.29) is 24.7 Å². The average Bonchev–Trinajstić information content (AvgIpc) is 3.04. The molecule has 11 nitrogen and oxygen atoms in total. The number of amides is 1. The van der Waals surface area contributed by atoms with E-state index < -0.39 is 18.4 Å². The number of ether oxygens (including phenoxy) is 3. The van der Waals surface area contributed by atoms with Crippen molar-refractivity contribution in [1.29, 1.82) is 0 Å². The van der Waals surface area contributed by atoms with Gasteiger partial charge in [-0.15, -0.1) is 0 Å². The van der Waals surface area contributed by atoms with E-state index >= 15 is 0 Å². The maximum atomic E-state index is 12.2. The highest BCUT2D eigenvalue weighted by Gasteiger charge is 2.34. The monoisotopic (exact) mass is 589 g/mol. The third-order valence-corrected chi connectivity index (χ3v) is 7.71. The Hall–Kier alpha value is -3.90. The summed E-state index contributed by atoms with van der Waals surface area (Å²) in [6.45, 7) is 7.36. The molecule has 0 radical (unpaired) electrons. The Balaban J connectivity index is 1.23. The summed E-state index contributed by atoms with van der Waals surface area (Å²) in [5, 5.41) is 12.3. The maximum absolute atomic E-state index is 12.2. The Morgan fingerprint density at radius 1 is 0.977 bits per heavy atom. The van der Waals surface area contributed by atoms with E-state index in [1.54, 1.807) is 19.3 Å². The lowest BCUT2D eigenvalue weighted by molar-refractivity contribution is -0.253. The van der Waals surface area contributed by atoms with Gasteiger partial charge in [0.05, 0.1) is 18.8 Å². The zero-order valence-electron chi connectivity index (χ0n) is 24.6. The van der Waals surface area contributed by atoms with Crippen molar-refractivity contribution < 1.29 is 28.9 Å². The standard InChI is InChI=1S/C32H39N5O6/c1-22(41-23(2)39)30(40)35-19-24-4-10-27(11-5-24)31-42-28(18-29(43-31)26-8-6-25(21-38)7-9-26)20-36-14-16-37(17-15-36)32-33-12-3-13-34-32/h3-13,22,28-29,31,38H,14-21H2,1-2H3,(H,35,40)/t22-,28+,29-,31-/m0/s1. The fourth-order valence-electron chi connectivity index (χ4n) is 5.33. The Bertz CT molecular complexity index is 1330. The van der Waals surface area contributed by atoms with Crippen LogP contribution in [0.5, 0.6) is 0 Å². The summed E-state index contributed by atoms with van der Waals surface area (Å²) in [5.74, 6) is -0.0874. The molecule has 1 amide bonds. The number of piperazine rings is 1. The van der Waals surface area contributed by atoms with E-state index in [0.717, 1.165) is 60.9 Å². The fourth-order valence-corrected chi connectivity index (χ4v) is 5.33. The van der Waals surface area contributed by atoms with E-state index in [0.29, 0.717) is 13.0 Å². The lowest BCUT2D eigenvalue weighted by Crippen LogP contribution is -2.50. The Kier molecular flexibility index (Phi) is 10.3. The average molecular weight is 590 g/mol. The minimum absolute atomic E-state index is 0.00433. The van der Waals surface area contributed by atoms with Crippen LogP contribution < -0.4 is 10.2 Å². The number of aliphatic hydroxyl groups excluding tert-OH is 1. The number of carbonyl (C=O) groups excluding carboxylic acids is 2. The van der Waals surface area contributed by atoms with Crippen LogP contribution in [0.15, 0.2) is 67.0 Å². The number of benzene rings is 2. The zero-order chi connectivity index (χ0) is 30.2. The summed E-state index contributed by atoms with van der Waals surface area (Å²) in [6.07, 6.45) is 2.62. The summed E-state index contributed by atoms with van der Waals surface area (Å²) >= 11 is 0. The molecule has 4 atom stereocenters. The van der Waals surface area contributed by atoms with Crippen molar-refractivity contribution in [1.82, 2.24) is 20.2 Å². The normalized spacial score (nSPS) is 21.7. The Morgan fingerprint density at radius 3 is 2.28 bits per heavy atom. The van der Waals surface area contributed by atoms with Gasteiger partial charge >= 0.3 is 5.97 Å². The van der Waals surface area contributed by atoms with E-state index in [1.807, 2.05) is 54.6 Å². The molecule has 3 heterocycles. The molecule has 2 aliphatic rings. The molecule has 0 unspecified atom stereocenters. The highest BCUT2D eigenvalue weighted by molar-refractivity contribution is 5.82. The van der Waals surface area contributed by atoms with Crippen molar-refractivity contribution in [2.75, 3.05) is 37.6 Å². The molecule has 2 aromatic carbocycles. The SMILES string of the molecule is CC(=O)O[C@@H](C)C(=O)NCc1ccc([C@H]2O[C@@H](CN3CCN(c4ncccn4)CC3)C[C@@H](c3ccc(CO)cc3)O2)cc1. The highest BCUT2D eigenvalue weighted by Crippen LogP contribution is 2.38. The molecular formula is C32H39N5O6. The molecule has 0 saturated carbocycles. The molecule has 0 spiro atoms. The lowest BCUT2D eigenvalue weighted by atomic mass is 9.99. The summed E-state index contributed by atoms with van der Waals surface area (Å²) in [5.41, 5.74) is 3.68. The number of carbonyl (C=O) groups is 2. The summed E-state index contributed by atoms with van der Waals surface area (Å²) in [7, 11) is 0. The molecule has 2 fully saturated rings. The number of nitrogens with zero attached hydrogens (tertiary/aromatic N) is 4. The largest absolute Gasteiger partial charge is 0.453 e. The first-order valence-corrected chi connectivity index (χ1v) is 14.7. The Morgan fingerprint density at radius 2 is 1.63 bits per heavy atom. The number of rotatable bonds is 10. The topological polar surface area (TPSA) is 126 Å². The van der Waals surface area contributed by atoms with Crippen LogP contribution in [0.25, 0.3) is 0 Å². The van der Waals surface area contributed by atoms with Crippen LogP contribution in [-0.4, -0.2) is 76.8 Å². The van der Waals surface area contributed by atoms with Gasteiger partial charge in [0, 0.05) is 70.6 Å². The van der Waals surface area contributed by atoms with Crippen LogP contribution in [0, 0.1) is 0 Å². The molecule has 228 valence electrons. The molecular weight excluding hydrogens is 550 g/mol. The summed E-state index contributed by atoms with van der Waals surface area (Å²) in [6, 6.07) is 17.5. The molecule has 0 bridgehead atoms. The van der Waals surface area contributed by atoms with Gasteiger partial charge in [-0.05, 0) is 29.7 Å². The number of aromatic nitrogens is 2. The van der Waals surface area contributed by atoms with Crippen molar-refractivity contribution in [2.45, 2.75) is 58.0 Å². The van der Waals surface area contributed by atoms with Gasteiger partial charge in [-0.2, -0.15) is 0 Å². The van der Waals surface area contributed by atoms with Gasteiger partial charge in [-0.1, -0.05) is 48.5 Å². The first kappa shape index (κ1) is 30.6. The van der Waals surface area contributed by atoms with Crippen LogP contribution in [0.3, 0.4) is 0 Å². The first-order valence-electron chi connectivity index (χ1n) is 14.7. The predicted octanol–water partition coefficient (Wildman–Crippen LogP) is 2.90. The van der Waals surface area contributed by atoms with Gasteiger partial charge in [0.2, 0.25) is 5.95 Å². The van der Waals surface area contributed by atoms with Crippen molar-refractivity contribution in [3.8, 4) is 0 Å². The molecule has 2 saturated heterocycles. The quantitative estimate of drug-likeness (QED) is 0.341. The molecule has 3 aromatic rings. The minimum atomic E-state index is -0.851. The number of aliphatic hydroxyl groups is 1. The predicted molar refractivity (Wildman–Crippen MR) is 159 cm³/mol. The van der Waals surface area contributed by atoms with Crippen LogP contribution >= 0.6 is 0 Å². The molecule has 2 aliphatic heterocycles. The number of esters is 1. The first-order chi connectivity index (χ1) is 20.9. The fraction of sp³-hybridized carbons (Fsp3) is 0.438. The Labute approximate surface area is 251 Å². The lowest BCUT2D eigenvalue weighted by Gasteiger charge is -2.40. The van der Waals surface area contributed by atoms with E-state index in [2.05, 4.69) is 25.1 Å². The van der Waals surface area contributed by atoms with Crippen molar-refractivity contribution in [3.63, 3.8) is 0 Å². The van der Waals surface area contributed by atoms with E-state index in [4.69, 9.17) is 14.2 Å². The van der Waals surface area contributed by atoms with Gasteiger partial charge in [-0.3, -0.25) is 14.5 Å². The number of hydrogen-bond donors (Lipinski definition) is 2. The number of hydrogen-bond acceptors (Lipinski definition) is 10. The summed E-state index contributed by atoms with van der Waals surface area (Å²) < 4.78 is 18.0. The van der Waals surface area contributed by atoms with Crippen molar-refractivity contribution in [3.05, 3.63) is 89.2 Å². The van der Waals surface area contributed by atoms with Crippen LogP contribution in [0.1, 0.15) is 54.9 Å². The van der Waals surface area contributed by atoms with E-state index in [1.165, 1.54) is 6.92 Å². The van der Waals surface area contributed by atoms with Gasteiger partial charge in [0.15, 0.2) is 12.4 Å². The second kappa shape index (κ2) is 14.5. The highest BCUT2D eigenvalue weighted by atomic mass is 16.7. The van der Waals surface area contributed by atoms with Crippen molar-refractivity contribution >= 4 is 17.8 Å². The van der Waals surface area contributed by atoms with Gasteiger partial charge in [0.1, 0.15) is 0 Å². The molecule has 43 heavy (non-hydrogen) atoms. The molecule has 11 heteroatoms. The third-order valence-electron chi connectivity index (χ3n) is 7.71. The molecule has 5 rings (SSSR count). The van der Waals surface area contributed by atoms with Crippen LogP contribution in [-0.2, 0) is 37.0 Å². The minimum Gasteiger partial charge on any atom is -0.453 e. The second-order valence-electron chi connectivity index (χ2n) is 10.9. The van der Waals surface area contributed by atoms with Gasteiger partial charge < -0.3 is 29.5 Å². The van der Waals surface area contributed by atoms with Crippen LogP contribution in [0.4, 0.5) is 5.95 Å². The third kappa shape index (κ3) is 8.35. The molecule has 2 N–H and O–H groups in total. The number of nitrogens with one attached hydrogen (secondary N) is 1.